The molecule has 1 atom stereocenters. The van der Waals surface area contributed by atoms with Gasteiger partial charge in [-0.2, -0.15) is 29.8 Å². The van der Waals surface area contributed by atoms with Crippen molar-refractivity contribution in [3.05, 3.63) is 139 Å². The number of rotatable bonds is 7. The van der Waals surface area contributed by atoms with E-state index in [1.165, 1.54) is 22.3 Å². The van der Waals surface area contributed by atoms with Crippen molar-refractivity contribution in [1.82, 2.24) is 4.98 Å². The van der Waals surface area contributed by atoms with Crippen molar-refractivity contribution < 1.29 is 67.1 Å². The maximum Gasteiger partial charge on any atom is 4.00 e. The van der Waals surface area contributed by atoms with E-state index in [2.05, 4.69) is 74.5 Å². The van der Waals surface area contributed by atoms with Crippen LogP contribution in [0, 0.1) is 62.2 Å². The van der Waals surface area contributed by atoms with E-state index in [0.717, 1.165) is 35.6 Å². The Morgan fingerprint density at radius 3 is 2.43 bits per heavy atom. The molecule has 0 fully saturated rings. The molecule has 1 unspecified atom stereocenters. The van der Waals surface area contributed by atoms with Crippen molar-refractivity contribution in [3.8, 4) is 11.3 Å². The fourth-order valence-corrected chi connectivity index (χ4v) is 4.63. The Hall–Kier alpha value is -1.36. The maximum absolute atomic E-state index is 5.06. The fraction of sp³-hybridized carbons (Fsp3) is 0.219. The van der Waals surface area contributed by atoms with Gasteiger partial charge in [0.25, 0.3) is 0 Å². The van der Waals surface area contributed by atoms with Crippen LogP contribution in [0.25, 0.3) is 21.9 Å². The average molecular weight is 780 g/mol. The first-order chi connectivity index (χ1) is 16.2. The van der Waals surface area contributed by atoms with E-state index < -0.39 is 0 Å². The molecule has 1 heterocycles. The molecule has 3 aromatic carbocycles. The molecule has 3 nitrogen and oxygen atoms in total. The monoisotopic (exact) mass is 781 g/mol. The quantitative estimate of drug-likeness (QED) is 0.136. The minimum atomic E-state index is 0. The zero-order valence-corrected chi connectivity index (χ0v) is 29.6. The van der Waals surface area contributed by atoms with E-state index >= 15 is 0 Å². The van der Waals surface area contributed by atoms with Crippen molar-refractivity contribution in [3.63, 3.8) is 0 Å². The average Bonchev–Trinajstić information content (AvgIpc) is 3.26. The molecular formula is C32H34HfN3Pr-. The standard InChI is InChI=1S/C30H28N3.2CH3.Hf.Pr/c1-21(2)25-14-6-7-16-27(25)31-20-24-13-9-17-28(33-24)26-15-8-10-22-18-19-29(30(22)26)32-23-11-4-3-5-12-23;;;;/h3-15,17,21,29H,18-20H2,1-2H3;2*1H3;;/q-3;2*-1;+4;. The second kappa shape index (κ2) is 15.9. The number of fused-ring (bicyclic) bond motifs is 1. The van der Waals surface area contributed by atoms with Gasteiger partial charge in [-0.3, -0.25) is 10.7 Å². The zero-order chi connectivity index (χ0) is 22.6. The van der Waals surface area contributed by atoms with Gasteiger partial charge in [0.05, 0.1) is 5.69 Å². The number of hydrogen-bond donors (Lipinski definition) is 0. The molecule has 0 spiro atoms. The Kier molecular flexibility index (Phi) is 14.5. The van der Waals surface area contributed by atoms with E-state index in [9.17, 15) is 0 Å². The zero-order valence-electron chi connectivity index (χ0n) is 22.3. The molecule has 0 saturated carbocycles. The Morgan fingerprint density at radius 2 is 1.68 bits per heavy atom. The molecule has 1 aliphatic rings. The number of hydrogen-bond acceptors (Lipinski definition) is 1. The van der Waals surface area contributed by atoms with Crippen LogP contribution in [-0.2, 0) is 38.8 Å². The molecule has 1 radical (unpaired) electrons. The molecule has 185 valence electrons. The van der Waals surface area contributed by atoms with Crippen LogP contribution in [0.2, 0.25) is 0 Å². The predicted molar refractivity (Wildman–Crippen MR) is 149 cm³/mol. The summed E-state index contributed by atoms with van der Waals surface area (Å²) in [5.74, 6) is 0.415. The van der Waals surface area contributed by atoms with Crippen LogP contribution < -0.4 is 0 Å². The summed E-state index contributed by atoms with van der Waals surface area (Å²) in [4.78, 5) is 5.00. The molecule has 4 aromatic rings. The summed E-state index contributed by atoms with van der Waals surface area (Å²) in [5, 5.41) is 9.90. The van der Waals surface area contributed by atoms with Gasteiger partial charge in [0, 0.05) is 52.5 Å². The van der Waals surface area contributed by atoms with E-state index in [-0.39, 0.29) is 88.0 Å². The Bertz CT molecular complexity index is 1240. The van der Waals surface area contributed by atoms with Crippen molar-refractivity contribution >= 4 is 11.4 Å². The normalized spacial score (nSPS) is 13.2. The molecule has 1 aromatic heterocycles. The molecule has 0 amide bonds. The molecule has 0 bridgehead atoms. The fourth-order valence-electron chi connectivity index (χ4n) is 4.63. The number of aromatic nitrogens is 1. The van der Waals surface area contributed by atoms with Gasteiger partial charge >= 0.3 is 25.8 Å². The molecule has 37 heavy (non-hydrogen) atoms. The van der Waals surface area contributed by atoms with Crippen molar-refractivity contribution in [2.75, 3.05) is 0 Å². The van der Waals surface area contributed by atoms with Gasteiger partial charge in [-0.25, -0.2) is 0 Å². The van der Waals surface area contributed by atoms with Crippen LogP contribution in [0.3, 0.4) is 0 Å². The molecule has 0 N–H and O–H groups in total. The molecule has 0 aliphatic heterocycles. The first kappa shape index (κ1) is 33.7. The van der Waals surface area contributed by atoms with Gasteiger partial charge in [0.2, 0.25) is 0 Å². The third-order valence-electron chi connectivity index (χ3n) is 6.25. The third kappa shape index (κ3) is 8.07. The first-order valence-corrected chi connectivity index (χ1v) is 11.7. The summed E-state index contributed by atoms with van der Waals surface area (Å²) in [6, 6.07) is 32.6. The van der Waals surface area contributed by atoms with Gasteiger partial charge in [0.15, 0.2) is 0 Å². The van der Waals surface area contributed by atoms with Crippen LogP contribution in [0.15, 0.2) is 84.9 Å². The molecule has 5 heteroatoms. The smallest absolute Gasteiger partial charge is 0.700 e. The summed E-state index contributed by atoms with van der Waals surface area (Å²) in [6.07, 6.45) is 2.10. The Morgan fingerprint density at radius 1 is 0.919 bits per heavy atom. The van der Waals surface area contributed by atoms with Crippen molar-refractivity contribution in [2.24, 2.45) is 0 Å². The van der Waals surface area contributed by atoms with Gasteiger partial charge in [-0.05, 0) is 29.7 Å². The van der Waals surface area contributed by atoms with E-state index in [4.69, 9.17) is 15.6 Å². The van der Waals surface area contributed by atoms with Crippen molar-refractivity contribution in [2.45, 2.75) is 45.2 Å². The molecule has 1 aliphatic carbocycles. The van der Waals surface area contributed by atoms with Gasteiger partial charge in [-0.1, -0.05) is 93.4 Å². The minimum absolute atomic E-state index is 0. The van der Waals surface area contributed by atoms with Crippen LogP contribution in [-0.4, -0.2) is 4.98 Å². The SMILES string of the molecule is CC(C)c1ccc[c-]c1[N-]Cc1cccc(-c2cccc3c2C([N-]c2ccccc2)CC3)n1.[CH3-].[CH3-].[Hf+4].[Pr]. The van der Waals surface area contributed by atoms with Gasteiger partial charge < -0.3 is 25.5 Å². The summed E-state index contributed by atoms with van der Waals surface area (Å²) in [5.41, 5.74) is 9.04. The number of benzene rings is 3. The van der Waals surface area contributed by atoms with Crippen LogP contribution in [0.5, 0.6) is 0 Å². The van der Waals surface area contributed by atoms with Crippen LogP contribution in [0.4, 0.5) is 11.4 Å². The maximum atomic E-state index is 5.06. The second-order valence-corrected chi connectivity index (χ2v) is 8.86. The summed E-state index contributed by atoms with van der Waals surface area (Å²) >= 11 is 0. The largest absolute Gasteiger partial charge is 4.00 e. The van der Waals surface area contributed by atoms with Crippen LogP contribution in [0.1, 0.15) is 54.6 Å². The third-order valence-corrected chi connectivity index (χ3v) is 6.25. The van der Waals surface area contributed by atoms with E-state index in [1.807, 2.05) is 30.3 Å². The Balaban J connectivity index is 0.00000171. The topological polar surface area (TPSA) is 41.1 Å². The van der Waals surface area contributed by atoms with Gasteiger partial charge in [0.1, 0.15) is 0 Å². The predicted octanol–water partition coefficient (Wildman–Crippen LogP) is 9.47. The number of aryl methyl sites for hydroxylation is 1. The second-order valence-electron chi connectivity index (χ2n) is 8.86. The molecular weight excluding hydrogens is 746 g/mol. The summed E-state index contributed by atoms with van der Waals surface area (Å²) in [6.45, 7) is 4.92. The van der Waals surface area contributed by atoms with Crippen LogP contribution >= 0.6 is 0 Å². The first-order valence-electron chi connectivity index (χ1n) is 11.7. The Labute approximate surface area is 276 Å². The number of para-hydroxylation sites is 2. The van der Waals surface area contributed by atoms with Gasteiger partial charge in [-0.15, -0.1) is 5.69 Å². The minimum Gasteiger partial charge on any atom is -0.700 e. The number of pyridine rings is 1. The molecule has 0 saturated heterocycles. The van der Waals surface area contributed by atoms with E-state index in [0.29, 0.717) is 12.5 Å². The summed E-state index contributed by atoms with van der Waals surface area (Å²) < 4.78 is 0. The number of nitrogens with zero attached hydrogens (tertiary/aromatic N) is 3. The summed E-state index contributed by atoms with van der Waals surface area (Å²) in [7, 11) is 0. The van der Waals surface area contributed by atoms with Crippen molar-refractivity contribution in [1.29, 1.82) is 0 Å². The molecule has 5 rings (SSSR count). The van der Waals surface area contributed by atoms with E-state index in [1.54, 1.807) is 0 Å².